The molecule has 0 amide bonds. The minimum atomic E-state index is 0. The van der Waals surface area contributed by atoms with Gasteiger partial charge in [0, 0.05) is 36.4 Å². The van der Waals surface area contributed by atoms with Gasteiger partial charge in [-0.25, -0.2) is 0 Å². The van der Waals surface area contributed by atoms with E-state index >= 15 is 0 Å². The van der Waals surface area contributed by atoms with Crippen molar-refractivity contribution < 1.29 is 22.4 Å². The second-order valence-corrected chi connectivity index (χ2v) is 9.62. The van der Waals surface area contributed by atoms with Crippen LogP contribution in [0.25, 0.3) is 27.6 Å². The van der Waals surface area contributed by atoms with Crippen LogP contribution in [0.4, 0.5) is 34.1 Å². The summed E-state index contributed by atoms with van der Waals surface area (Å²) in [4.78, 5) is 0. The number of hydrogen-bond acceptors (Lipinski definition) is 0. The summed E-state index contributed by atoms with van der Waals surface area (Å²) in [6.45, 7) is 0. The average Bonchev–Trinajstić information content (AvgIpc) is 3.36. The molecular weight excluding hydrogens is 683 g/mol. The molecule has 0 radical (unpaired) electrons. The van der Waals surface area contributed by atoms with Crippen LogP contribution in [-0.2, 0) is 22.4 Å². The van der Waals surface area contributed by atoms with Gasteiger partial charge in [0.05, 0.1) is 0 Å². The molecule has 198 valence electrons. The van der Waals surface area contributed by atoms with E-state index in [2.05, 4.69) is 124 Å². The molecule has 2 aliphatic rings. The van der Waals surface area contributed by atoms with Gasteiger partial charge < -0.3 is 5.32 Å². The van der Waals surface area contributed by atoms with Gasteiger partial charge in [-0.1, -0.05) is 121 Å². The van der Waals surface area contributed by atoms with Gasteiger partial charge in [0.2, 0.25) is 11.4 Å². The zero-order valence-corrected chi connectivity index (χ0v) is 24.3. The molecule has 8 rings (SSSR count). The third-order valence-corrected chi connectivity index (χ3v) is 7.15. The van der Waals surface area contributed by atoms with Crippen LogP contribution in [0.5, 0.6) is 0 Å². The predicted octanol–water partition coefficient (Wildman–Crippen LogP) is 10.2. The molecule has 2 aliphatic heterocycles. The Balaban J connectivity index is 0.000000145. The number of para-hydroxylation sites is 6. The molecular formula is C37H26AuN3+2. The topological polar surface area (TPSA) is 20.1 Å². The Morgan fingerprint density at radius 1 is 0.366 bits per heavy atom. The van der Waals surface area contributed by atoms with Gasteiger partial charge in [-0.3, -0.25) is 0 Å². The summed E-state index contributed by atoms with van der Waals surface area (Å²) in [5, 5.41) is 4.82. The molecule has 6 aromatic carbocycles. The molecule has 0 saturated carbocycles. The van der Waals surface area contributed by atoms with E-state index in [0.29, 0.717) is 0 Å². The molecule has 6 aromatic rings. The van der Waals surface area contributed by atoms with Crippen molar-refractivity contribution in [3.8, 4) is 22.3 Å². The Labute approximate surface area is 255 Å². The fraction of sp³-hybridized carbons (Fsp3) is 0. The minimum Gasteiger partial charge on any atom is -0.657 e. The largest absolute Gasteiger partial charge is 1.00 e. The molecule has 0 atom stereocenters. The van der Waals surface area contributed by atoms with Crippen LogP contribution in [0.15, 0.2) is 158 Å². The zero-order chi connectivity index (χ0) is 26.7. The molecule has 0 bridgehead atoms. The fourth-order valence-corrected chi connectivity index (χ4v) is 5.28. The summed E-state index contributed by atoms with van der Waals surface area (Å²) in [6, 6.07) is 57.6. The SMILES string of the molecule is C1=[N+](c2ccccc2)c2ccccc2[N+]=1c1ccccc1.[Au+].c1ccc2c(c1)[N-]c1ccccc1-c1ccccc1-2. The van der Waals surface area contributed by atoms with Gasteiger partial charge in [-0.15, -0.1) is 11.4 Å². The summed E-state index contributed by atoms with van der Waals surface area (Å²) in [5.41, 5.74) is 11.5. The number of rotatable bonds is 2. The molecule has 41 heavy (non-hydrogen) atoms. The van der Waals surface area contributed by atoms with E-state index < -0.39 is 0 Å². The van der Waals surface area contributed by atoms with Crippen LogP contribution in [0.3, 0.4) is 0 Å². The third kappa shape index (κ3) is 5.12. The summed E-state index contributed by atoms with van der Waals surface area (Å²) in [6.07, 6.45) is 0. The minimum absolute atomic E-state index is 0. The van der Waals surface area contributed by atoms with Crippen molar-refractivity contribution in [1.29, 1.82) is 0 Å². The smallest absolute Gasteiger partial charge is 0.657 e. The first-order chi connectivity index (χ1) is 19.9. The van der Waals surface area contributed by atoms with Gasteiger partial charge in [-0.2, -0.15) is 0 Å². The first kappa shape index (κ1) is 26.5. The molecule has 0 aliphatic carbocycles. The van der Waals surface area contributed by atoms with Crippen LogP contribution in [0.1, 0.15) is 0 Å². The molecule has 2 heterocycles. The van der Waals surface area contributed by atoms with Gasteiger partial charge >= 0.3 is 28.4 Å². The van der Waals surface area contributed by atoms with Crippen molar-refractivity contribution >= 4 is 40.1 Å². The maximum atomic E-state index is 4.82. The zero-order valence-electron chi connectivity index (χ0n) is 22.2. The van der Waals surface area contributed by atoms with Crippen molar-refractivity contribution in [2.24, 2.45) is 0 Å². The van der Waals surface area contributed by atoms with Crippen molar-refractivity contribution in [2.75, 3.05) is 0 Å². The molecule has 0 saturated heterocycles. The number of fused-ring (bicyclic) bond motifs is 6. The van der Waals surface area contributed by atoms with Gasteiger partial charge in [0.15, 0.2) is 0 Å². The third-order valence-electron chi connectivity index (χ3n) is 7.15. The van der Waals surface area contributed by atoms with Gasteiger partial charge in [0.25, 0.3) is 11.4 Å². The standard InChI is InChI=1S/C19H14N2.C18H12N.Au/c1-3-9-16(10-4-1)20-15-21(17-11-5-2-6-12-17)19-14-8-7-13-18(19)20;1-2-8-14-13(7-1)15-9-3-5-11-17(15)19-18-12-6-4-10-16(14)18;/h1-14H;1-12H;/q+2;-1;+1. The molecule has 0 aromatic heterocycles. The predicted molar refractivity (Wildman–Crippen MR) is 167 cm³/mol. The Morgan fingerprint density at radius 3 is 1.15 bits per heavy atom. The summed E-state index contributed by atoms with van der Waals surface area (Å²) in [5.74, 6) is 0. The first-order valence-corrected chi connectivity index (χ1v) is 13.4. The summed E-state index contributed by atoms with van der Waals surface area (Å²) in [7, 11) is 0. The maximum absolute atomic E-state index is 4.82. The molecule has 0 N–H and O–H groups in total. The van der Waals surface area contributed by atoms with E-state index in [1.807, 2.05) is 48.5 Å². The maximum Gasteiger partial charge on any atom is 1.00 e. The molecule has 4 heteroatoms. The molecule has 0 fully saturated rings. The average molecular weight is 710 g/mol. The van der Waals surface area contributed by atoms with Crippen molar-refractivity contribution in [3.05, 3.63) is 163 Å². The van der Waals surface area contributed by atoms with E-state index in [-0.39, 0.29) is 22.4 Å². The van der Waals surface area contributed by atoms with Crippen molar-refractivity contribution in [2.45, 2.75) is 0 Å². The normalized spacial score (nSPS) is 11.8. The first-order valence-electron chi connectivity index (χ1n) is 13.4. The Kier molecular flexibility index (Phi) is 7.60. The van der Waals surface area contributed by atoms with Gasteiger partial charge in [-0.05, 0) is 31.4 Å². The van der Waals surface area contributed by atoms with E-state index in [0.717, 1.165) is 34.1 Å². The van der Waals surface area contributed by atoms with E-state index in [9.17, 15) is 0 Å². The van der Waals surface area contributed by atoms with E-state index in [4.69, 9.17) is 5.32 Å². The van der Waals surface area contributed by atoms with Crippen molar-refractivity contribution in [3.63, 3.8) is 0 Å². The second-order valence-electron chi connectivity index (χ2n) is 9.62. The van der Waals surface area contributed by atoms with Crippen LogP contribution in [0.2, 0.25) is 0 Å². The van der Waals surface area contributed by atoms with Crippen LogP contribution in [0, 0.1) is 0 Å². The number of benzene rings is 6. The fourth-order valence-electron chi connectivity index (χ4n) is 5.28. The quantitative estimate of drug-likeness (QED) is 0.126. The van der Waals surface area contributed by atoms with Gasteiger partial charge in [0.1, 0.15) is 0 Å². The molecule has 0 spiro atoms. The van der Waals surface area contributed by atoms with Crippen LogP contribution in [-0.4, -0.2) is 6.01 Å². The second kappa shape index (κ2) is 11.8. The monoisotopic (exact) mass is 709 g/mol. The molecule has 3 nitrogen and oxygen atoms in total. The summed E-state index contributed by atoms with van der Waals surface area (Å²) >= 11 is 0. The Bertz CT molecular complexity index is 1770. The Morgan fingerprint density at radius 2 is 0.707 bits per heavy atom. The number of hydrogen-bond donors (Lipinski definition) is 0. The van der Waals surface area contributed by atoms with Crippen LogP contribution < -0.4 is 9.15 Å². The van der Waals surface area contributed by atoms with E-state index in [1.165, 1.54) is 22.3 Å². The van der Waals surface area contributed by atoms with Crippen LogP contribution >= 0.6 is 0 Å². The summed E-state index contributed by atoms with van der Waals surface area (Å²) < 4.78 is 4.20. The number of nitrogens with zero attached hydrogens (tertiary/aromatic N) is 3. The van der Waals surface area contributed by atoms with E-state index in [1.54, 1.807) is 0 Å². The molecule has 0 unspecified atom stereocenters. The van der Waals surface area contributed by atoms with Crippen molar-refractivity contribution in [1.82, 2.24) is 9.15 Å². The Hall–Kier alpha value is -4.76.